The van der Waals surface area contributed by atoms with Gasteiger partial charge in [-0.2, -0.15) is 5.10 Å². The van der Waals surface area contributed by atoms with E-state index in [4.69, 9.17) is 26.4 Å². The highest BCUT2D eigenvalue weighted by molar-refractivity contribution is 6.30. The first-order chi connectivity index (χ1) is 14.5. The van der Waals surface area contributed by atoms with E-state index in [0.717, 1.165) is 45.0 Å². The Morgan fingerprint density at radius 2 is 1.73 bits per heavy atom. The molecule has 2 heterocycles. The van der Waals surface area contributed by atoms with Crippen molar-refractivity contribution in [2.75, 3.05) is 6.61 Å². The average molecular weight is 420 g/mol. The number of carbonyl (C=O) groups is 1. The predicted octanol–water partition coefficient (Wildman–Crippen LogP) is 5.44. The maximum Gasteiger partial charge on any atom is 0.310 e. The molecule has 2 aromatic carbocycles. The SMILES string of the molecule is CCOC(=O)Cc1c(C)nc2c(-c3ccc(Cl)cc3)c(-c3ccccc3)nn2c1C. The number of halogens is 1. The van der Waals surface area contributed by atoms with Crippen molar-refractivity contribution >= 4 is 23.2 Å². The van der Waals surface area contributed by atoms with Gasteiger partial charge in [-0.15, -0.1) is 0 Å². The minimum atomic E-state index is -0.266. The molecule has 4 rings (SSSR count). The summed E-state index contributed by atoms with van der Waals surface area (Å²) in [6.45, 7) is 6.04. The number of fused-ring (bicyclic) bond motifs is 1. The van der Waals surface area contributed by atoms with Crippen LogP contribution in [-0.4, -0.2) is 27.2 Å². The van der Waals surface area contributed by atoms with E-state index in [2.05, 4.69) is 0 Å². The van der Waals surface area contributed by atoms with Gasteiger partial charge in [-0.25, -0.2) is 9.50 Å². The van der Waals surface area contributed by atoms with Crippen LogP contribution in [0.15, 0.2) is 54.6 Å². The van der Waals surface area contributed by atoms with Crippen LogP contribution in [0.4, 0.5) is 0 Å². The zero-order chi connectivity index (χ0) is 21.3. The number of rotatable bonds is 5. The number of aromatic nitrogens is 3. The summed E-state index contributed by atoms with van der Waals surface area (Å²) < 4.78 is 6.96. The molecule has 0 fully saturated rings. The molecule has 152 valence electrons. The Morgan fingerprint density at radius 1 is 1.03 bits per heavy atom. The van der Waals surface area contributed by atoms with Gasteiger partial charge < -0.3 is 4.74 Å². The normalized spacial score (nSPS) is 11.1. The Hall–Kier alpha value is -3.18. The number of nitrogens with zero attached hydrogens (tertiary/aromatic N) is 3. The fourth-order valence-corrected chi connectivity index (χ4v) is 3.78. The van der Waals surface area contributed by atoms with Crippen LogP contribution in [-0.2, 0) is 16.0 Å². The highest BCUT2D eigenvalue weighted by Gasteiger charge is 2.22. The highest BCUT2D eigenvalue weighted by atomic mass is 35.5. The Morgan fingerprint density at radius 3 is 2.40 bits per heavy atom. The predicted molar refractivity (Wildman–Crippen MR) is 119 cm³/mol. The summed E-state index contributed by atoms with van der Waals surface area (Å²) in [6.07, 6.45) is 0.172. The van der Waals surface area contributed by atoms with Gasteiger partial charge in [0.05, 0.1) is 18.6 Å². The van der Waals surface area contributed by atoms with Crippen molar-refractivity contribution in [1.82, 2.24) is 14.6 Å². The van der Waals surface area contributed by atoms with Crippen LogP contribution in [0.1, 0.15) is 23.9 Å². The largest absolute Gasteiger partial charge is 0.466 e. The summed E-state index contributed by atoms with van der Waals surface area (Å²) in [5.41, 5.74) is 7.01. The lowest BCUT2D eigenvalue weighted by atomic mass is 10.0. The van der Waals surface area contributed by atoms with Crippen molar-refractivity contribution in [3.8, 4) is 22.4 Å². The molecule has 0 amide bonds. The highest BCUT2D eigenvalue weighted by Crippen LogP contribution is 2.36. The van der Waals surface area contributed by atoms with Gasteiger partial charge in [0.15, 0.2) is 5.65 Å². The Kier molecular flexibility index (Phi) is 5.55. The first-order valence-electron chi connectivity index (χ1n) is 9.85. The molecule has 0 spiro atoms. The molecular weight excluding hydrogens is 398 g/mol. The van der Waals surface area contributed by atoms with Crippen molar-refractivity contribution in [3.05, 3.63) is 76.6 Å². The Labute approximate surface area is 180 Å². The molecule has 0 saturated heterocycles. The summed E-state index contributed by atoms with van der Waals surface area (Å²) in [5.74, 6) is -0.266. The molecule has 6 heteroatoms. The molecule has 5 nitrogen and oxygen atoms in total. The number of esters is 1. The number of hydrogen-bond donors (Lipinski definition) is 0. The smallest absolute Gasteiger partial charge is 0.310 e. The monoisotopic (exact) mass is 419 g/mol. The van der Waals surface area contributed by atoms with E-state index in [9.17, 15) is 4.79 Å². The number of ether oxygens (including phenoxy) is 1. The lowest BCUT2D eigenvalue weighted by Crippen LogP contribution is -2.13. The maximum absolute atomic E-state index is 12.1. The van der Waals surface area contributed by atoms with Crippen molar-refractivity contribution in [2.45, 2.75) is 27.2 Å². The first kappa shape index (κ1) is 20.1. The molecule has 0 unspecified atom stereocenters. The van der Waals surface area contributed by atoms with E-state index in [1.54, 1.807) is 6.92 Å². The number of hydrogen-bond acceptors (Lipinski definition) is 4. The molecule has 0 atom stereocenters. The van der Waals surface area contributed by atoms with Gasteiger partial charge in [-0.05, 0) is 38.5 Å². The average Bonchev–Trinajstić information content (AvgIpc) is 3.12. The van der Waals surface area contributed by atoms with Gasteiger partial charge >= 0.3 is 5.97 Å². The van der Waals surface area contributed by atoms with E-state index in [0.29, 0.717) is 11.6 Å². The van der Waals surface area contributed by atoms with E-state index in [1.807, 2.05) is 73.0 Å². The number of carbonyl (C=O) groups excluding carboxylic acids is 1. The van der Waals surface area contributed by atoms with Crippen LogP contribution in [0.2, 0.25) is 5.02 Å². The third-order valence-corrected chi connectivity index (χ3v) is 5.38. The minimum Gasteiger partial charge on any atom is -0.466 e. The third-order valence-electron chi connectivity index (χ3n) is 5.13. The van der Waals surface area contributed by atoms with Gasteiger partial charge in [-0.3, -0.25) is 4.79 Å². The minimum absolute atomic E-state index is 0.172. The lowest BCUT2D eigenvalue weighted by Gasteiger charge is -2.11. The number of benzene rings is 2. The van der Waals surface area contributed by atoms with Crippen LogP contribution in [0.3, 0.4) is 0 Å². The molecule has 0 N–H and O–H groups in total. The van der Waals surface area contributed by atoms with E-state index >= 15 is 0 Å². The molecule has 4 aromatic rings. The Bertz CT molecular complexity index is 1220. The van der Waals surface area contributed by atoms with Gasteiger partial charge in [0.2, 0.25) is 0 Å². The zero-order valence-corrected chi connectivity index (χ0v) is 17.9. The standard InChI is InChI=1S/C24H22ClN3O2/c1-4-30-21(29)14-20-15(2)26-24-22(17-10-12-19(25)13-11-17)23(27-28(24)16(20)3)18-8-6-5-7-9-18/h5-13H,4,14H2,1-3H3. The second-order valence-electron chi connectivity index (χ2n) is 7.07. The fraction of sp³-hybridized carbons (Fsp3) is 0.208. The molecule has 30 heavy (non-hydrogen) atoms. The van der Waals surface area contributed by atoms with Gasteiger partial charge in [0, 0.05) is 27.5 Å². The van der Waals surface area contributed by atoms with E-state index in [-0.39, 0.29) is 12.4 Å². The zero-order valence-electron chi connectivity index (χ0n) is 17.1. The summed E-state index contributed by atoms with van der Waals surface area (Å²) >= 11 is 6.11. The quantitative estimate of drug-likeness (QED) is 0.404. The van der Waals surface area contributed by atoms with Crippen LogP contribution in [0.25, 0.3) is 28.0 Å². The lowest BCUT2D eigenvalue weighted by molar-refractivity contribution is -0.142. The van der Waals surface area contributed by atoms with Crippen LogP contribution < -0.4 is 0 Å². The second-order valence-corrected chi connectivity index (χ2v) is 7.51. The Balaban J connectivity index is 1.98. The molecule has 0 aliphatic carbocycles. The first-order valence-corrected chi connectivity index (χ1v) is 10.2. The molecule has 2 aromatic heterocycles. The molecule has 0 aliphatic heterocycles. The molecular formula is C24H22ClN3O2. The second kappa shape index (κ2) is 8.28. The third kappa shape index (κ3) is 3.68. The molecule has 0 radical (unpaired) electrons. The summed E-state index contributed by atoms with van der Waals surface area (Å²) in [4.78, 5) is 17.0. The fourth-order valence-electron chi connectivity index (χ4n) is 3.65. The summed E-state index contributed by atoms with van der Waals surface area (Å²) in [7, 11) is 0. The van der Waals surface area contributed by atoms with Crippen molar-refractivity contribution in [2.24, 2.45) is 0 Å². The van der Waals surface area contributed by atoms with E-state index in [1.165, 1.54) is 0 Å². The van der Waals surface area contributed by atoms with Crippen molar-refractivity contribution in [1.29, 1.82) is 0 Å². The molecule has 0 saturated carbocycles. The molecule has 0 bridgehead atoms. The number of aryl methyl sites for hydroxylation is 2. The van der Waals surface area contributed by atoms with Gasteiger partial charge in [0.1, 0.15) is 5.69 Å². The van der Waals surface area contributed by atoms with Crippen molar-refractivity contribution < 1.29 is 9.53 Å². The van der Waals surface area contributed by atoms with E-state index < -0.39 is 0 Å². The van der Waals surface area contributed by atoms with Crippen LogP contribution >= 0.6 is 11.6 Å². The van der Waals surface area contributed by atoms with Gasteiger partial charge in [0.25, 0.3) is 0 Å². The van der Waals surface area contributed by atoms with Crippen LogP contribution in [0.5, 0.6) is 0 Å². The van der Waals surface area contributed by atoms with Crippen LogP contribution in [0, 0.1) is 13.8 Å². The topological polar surface area (TPSA) is 56.5 Å². The summed E-state index contributed by atoms with van der Waals surface area (Å²) in [6, 6.07) is 17.7. The molecule has 0 aliphatic rings. The van der Waals surface area contributed by atoms with Crippen molar-refractivity contribution in [3.63, 3.8) is 0 Å². The summed E-state index contributed by atoms with van der Waals surface area (Å²) in [5, 5.41) is 5.58. The maximum atomic E-state index is 12.1. The van der Waals surface area contributed by atoms with Gasteiger partial charge in [-0.1, -0.05) is 54.1 Å².